The van der Waals surface area contributed by atoms with Crippen LogP contribution in [0.5, 0.6) is 0 Å². The second-order valence-electron chi connectivity index (χ2n) is 7.60. The Morgan fingerprint density at radius 1 is 1.15 bits per heavy atom. The van der Waals surface area contributed by atoms with Gasteiger partial charge in [0.25, 0.3) is 0 Å². The number of benzene rings is 1. The Hall–Kier alpha value is -2.44. The third-order valence-corrected chi connectivity index (χ3v) is 5.21. The van der Waals surface area contributed by atoms with Crippen molar-refractivity contribution >= 4 is 16.9 Å². The predicted octanol–water partition coefficient (Wildman–Crippen LogP) is 2.62. The van der Waals surface area contributed by atoms with Crippen LogP contribution in [0.2, 0.25) is 0 Å². The number of aliphatic hydroxyl groups excluding tert-OH is 1. The molecule has 1 aliphatic heterocycles. The van der Waals surface area contributed by atoms with Crippen LogP contribution in [0.1, 0.15) is 12.8 Å². The maximum atomic E-state index is 9.86. The van der Waals surface area contributed by atoms with Gasteiger partial charge in [0.15, 0.2) is 0 Å². The summed E-state index contributed by atoms with van der Waals surface area (Å²) >= 11 is 0. The zero-order valence-corrected chi connectivity index (χ0v) is 16.0. The third kappa shape index (κ3) is 3.96. The molecule has 1 saturated heterocycles. The number of nitrogens with zero attached hydrogens (tertiary/aromatic N) is 5. The standard InChI is InChI=1S/C21H27N5O/c1-24(2)10-11-25-9-7-16-5-6-17(12-20(16)25)18-13-22-21(23-14-18)26-8-3-4-19(27)15-26/h5-7,9,12-14,19,27H,3-4,8,10-11,15H2,1-2H3. The van der Waals surface area contributed by atoms with Crippen molar-refractivity contribution in [1.29, 1.82) is 0 Å². The number of rotatable bonds is 5. The monoisotopic (exact) mass is 365 g/mol. The van der Waals surface area contributed by atoms with E-state index in [1.165, 1.54) is 10.9 Å². The normalized spacial score (nSPS) is 17.8. The van der Waals surface area contributed by atoms with Gasteiger partial charge in [-0.2, -0.15) is 0 Å². The van der Waals surface area contributed by atoms with E-state index < -0.39 is 0 Å². The van der Waals surface area contributed by atoms with E-state index in [1.54, 1.807) is 0 Å². The molecule has 0 aliphatic carbocycles. The second kappa shape index (κ2) is 7.66. The fourth-order valence-corrected chi connectivity index (χ4v) is 3.64. The number of anilines is 1. The van der Waals surface area contributed by atoms with Crippen LogP contribution in [0.4, 0.5) is 5.95 Å². The molecule has 3 aromatic rings. The molecule has 0 spiro atoms. The maximum absolute atomic E-state index is 9.86. The number of β-amino-alcohol motifs (C(OH)–C–C–N with tert-alkyl or cyclic N) is 1. The molecule has 4 rings (SSSR count). The van der Waals surface area contributed by atoms with Crippen LogP contribution < -0.4 is 4.90 Å². The second-order valence-corrected chi connectivity index (χ2v) is 7.60. The minimum atomic E-state index is -0.278. The van der Waals surface area contributed by atoms with Gasteiger partial charge >= 0.3 is 0 Å². The molecule has 2 aromatic heterocycles. The maximum Gasteiger partial charge on any atom is 0.225 e. The Labute approximate surface area is 160 Å². The fraction of sp³-hybridized carbons (Fsp3) is 0.429. The fourth-order valence-electron chi connectivity index (χ4n) is 3.64. The van der Waals surface area contributed by atoms with Crippen molar-refractivity contribution in [3.8, 4) is 11.1 Å². The summed E-state index contributed by atoms with van der Waals surface area (Å²) in [5, 5.41) is 11.1. The predicted molar refractivity (Wildman–Crippen MR) is 109 cm³/mol. The summed E-state index contributed by atoms with van der Waals surface area (Å²) in [7, 11) is 4.19. The minimum Gasteiger partial charge on any atom is -0.391 e. The van der Waals surface area contributed by atoms with Crippen LogP contribution in [0.3, 0.4) is 0 Å². The van der Waals surface area contributed by atoms with Crippen molar-refractivity contribution in [3.63, 3.8) is 0 Å². The summed E-state index contributed by atoms with van der Waals surface area (Å²) in [6, 6.07) is 8.66. The van der Waals surface area contributed by atoms with Crippen molar-refractivity contribution in [2.75, 3.05) is 38.6 Å². The minimum absolute atomic E-state index is 0.278. The molecule has 6 nitrogen and oxygen atoms in total. The summed E-state index contributed by atoms with van der Waals surface area (Å²) in [5.41, 5.74) is 3.37. The summed E-state index contributed by atoms with van der Waals surface area (Å²) in [6.07, 6.45) is 7.49. The Bertz CT molecular complexity index is 903. The highest BCUT2D eigenvalue weighted by molar-refractivity contribution is 5.85. The van der Waals surface area contributed by atoms with E-state index in [9.17, 15) is 5.11 Å². The van der Waals surface area contributed by atoms with Crippen LogP contribution in [-0.2, 0) is 6.54 Å². The molecule has 6 heteroatoms. The number of aromatic nitrogens is 3. The lowest BCUT2D eigenvalue weighted by atomic mass is 10.1. The van der Waals surface area contributed by atoms with Crippen LogP contribution in [0.25, 0.3) is 22.0 Å². The molecule has 27 heavy (non-hydrogen) atoms. The summed E-state index contributed by atoms with van der Waals surface area (Å²) in [4.78, 5) is 13.4. The van der Waals surface area contributed by atoms with Gasteiger partial charge in [-0.3, -0.25) is 0 Å². The van der Waals surface area contributed by atoms with E-state index in [2.05, 4.69) is 68.9 Å². The molecule has 1 atom stereocenters. The highest BCUT2D eigenvalue weighted by Crippen LogP contribution is 2.25. The van der Waals surface area contributed by atoms with Gasteiger partial charge in [0, 0.05) is 55.8 Å². The molecule has 1 fully saturated rings. The van der Waals surface area contributed by atoms with Gasteiger partial charge in [-0.1, -0.05) is 12.1 Å². The number of aliphatic hydroxyl groups is 1. The van der Waals surface area contributed by atoms with Gasteiger partial charge in [-0.15, -0.1) is 0 Å². The van der Waals surface area contributed by atoms with Crippen LogP contribution >= 0.6 is 0 Å². The van der Waals surface area contributed by atoms with Crippen LogP contribution in [0, 0.1) is 0 Å². The molecule has 0 amide bonds. The summed E-state index contributed by atoms with van der Waals surface area (Å²) in [6.45, 7) is 3.49. The van der Waals surface area contributed by atoms with Crippen molar-refractivity contribution in [2.45, 2.75) is 25.5 Å². The first kappa shape index (κ1) is 17.9. The highest BCUT2D eigenvalue weighted by atomic mass is 16.3. The Kier molecular flexibility index (Phi) is 5.09. The lowest BCUT2D eigenvalue weighted by molar-refractivity contribution is 0.153. The van der Waals surface area contributed by atoms with Crippen LogP contribution in [0.15, 0.2) is 42.9 Å². The summed E-state index contributed by atoms with van der Waals surface area (Å²) in [5.74, 6) is 0.702. The molecule has 1 unspecified atom stereocenters. The Morgan fingerprint density at radius 2 is 1.96 bits per heavy atom. The van der Waals surface area contributed by atoms with Crippen LogP contribution in [-0.4, -0.2) is 64.4 Å². The van der Waals surface area contributed by atoms with E-state index in [0.717, 1.165) is 43.6 Å². The zero-order valence-electron chi connectivity index (χ0n) is 16.0. The van der Waals surface area contributed by atoms with Gasteiger partial charge < -0.3 is 19.5 Å². The van der Waals surface area contributed by atoms with Crippen molar-refractivity contribution in [2.24, 2.45) is 0 Å². The molecular formula is C21H27N5O. The average molecular weight is 365 g/mol. The first-order valence-electron chi connectivity index (χ1n) is 9.59. The van der Waals surface area contributed by atoms with Crippen molar-refractivity contribution < 1.29 is 5.11 Å². The molecule has 1 aliphatic rings. The quantitative estimate of drug-likeness (QED) is 0.753. The first-order chi connectivity index (χ1) is 13.1. The number of hydrogen-bond acceptors (Lipinski definition) is 5. The van der Waals surface area contributed by atoms with E-state index in [4.69, 9.17) is 0 Å². The van der Waals surface area contributed by atoms with Gasteiger partial charge in [0.2, 0.25) is 5.95 Å². The van der Waals surface area contributed by atoms with Gasteiger partial charge in [-0.05, 0) is 50.0 Å². The van der Waals surface area contributed by atoms with Gasteiger partial charge in [0.1, 0.15) is 0 Å². The van der Waals surface area contributed by atoms with E-state index in [1.807, 2.05) is 12.4 Å². The molecule has 0 radical (unpaired) electrons. The number of fused-ring (bicyclic) bond motifs is 1. The molecule has 1 aromatic carbocycles. The molecular weight excluding hydrogens is 338 g/mol. The summed E-state index contributed by atoms with van der Waals surface area (Å²) < 4.78 is 2.29. The zero-order chi connectivity index (χ0) is 18.8. The topological polar surface area (TPSA) is 57.4 Å². The lowest BCUT2D eigenvalue weighted by Gasteiger charge is -2.29. The average Bonchev–Trinajstić information content (AvgIpc) is 3.09. The van der Waals surface area contributed by atoms with Gasteiger partial charge in [0.05, 0.1) is 6.10 Å². The van der Waals surface area contributed by atoms with E-state index in [0.29, 0.717) is 12.5 Å². The van der Waals surface area contributed by atoms with E-state index in [-0.39, 0.29) is 6.10 Å². The highest BCUT2D eigenvalue weighted by Gasteiger charge is 2.19. The lowest BCUT2D eigenvalue weighted by Crippen LogP contribution is -2.39. The molecule has 142 valence electrons. The smallest absolute Gasteiger partial charge is 0.225 e. The first-order valence-corrected chi connectivity index (χ1v) is 9.59. The molecule has 0 saturated carbocycles. The third-order valence-electron chi connectivity index (χ3n) is 5.21. The van der Waals surface area contributed by atoms with Crippen molar-refractivity contribution in [3.05, 3.63) is 42.9 Å². The largest absolute Gasteiger partial charge is 0.391 e. The Morgan fingerprint density at radius 3 is 2.70 bits per heavy atom. The number of likely N-dealkylation sites (N-methyl/N-ethyl adjacent to an activating group) is 1. The molecule has 0 bridgehead atoms. The van der Waals surface area contributed by atoms with Gasteiger partial charge in [-0.25, -0.2) is 9.97 Å². The molecule has 3 heterocycles. The Balaban J connectivity index is 1.57. The van der Waals surface area contributed by atoms with Crippen molar-refractivity contribution in [1.82, 2.24) is 19.4 Å². The molecule has 1 N–H and O–H groups in total. The van der Waals surface area contributed by atoms with E-state index >= 15 is 0 Å². The number of piperidine rings is 1. The SMILES string of the molecule is CN(C)CCn1ccc2ccc(-c3cnc(N4CCCC(O)C4)nc3)cc21. The number of hydrogen-bond donors (Lipinski definition) is 1.